The van der Waals surface area contributed by atoms with E-state index in [1.165, 1.54) is 7.11 Å². The van der Waals surface area contributed by atoms with Gasteiger partial charge in [-0.15, -0.1) is 0 Å². The van der Waals surface area contributed by atoms with Gasteiger partial charge in [0.1, 0.15) is 0 Å². The molecule has 0 aromatic carbocycles. The number of methoxy groups -OCH3 is 1. The third kappa shape index (κ3) is 6.16. The second-order valence-corrected chi connectivity index (χ2v) is 3.66. The molecule has 8 heteroatoms. The molecule has 1 rings (SSSR count). The van der Waals surface area contributed by atoms with E-state index >= 15 is 0 Å². The summed E-state index contributed by atoms with van der Waals surface area (Å²) in [6.45, 7) is 4.19. The fourth-order valence-corrected chi connectivity index (χ4v) is 1.24. The largest absolute Gasteiger partial charge is 0.467 e. The van der Waals surface area contributed by atoms with Crippen molar-refractivity contribution in [1.82, 2.24) is 15.0 Å². The van der Waals surface area contributed by atoms with Crippen LogP contribution in [0.25, 0.3) is 0 Å². The molecule has 19 heavy (non-hydrogen) atoms. The molecule has 0 unspecified atom stereocenters. The fraction of sp³-hybridized carbons (Fsp3) is 0.727. The van der Waals surface area contributed by atoms with Crippen LogP contribution in [0.2, 0.25) is 0 Å². The summed E-state index contributed by atoms with van der Waals surface area (Å²) in [6, 6.07) is 0.257. The normalized spacial score (nSPS) is 10.3. The molecule has 1 heterocycles. The van der Waals surface area contributed by atoms with Crippen molar-refractivity contribution in [3.8, 4) is 6.01 Å². The van der Waals surface area contributed by atoms with E-state index in [1.54, 1.807) is 0 Å². The molecule has 0 saturated carbocycles. The summed E-state index contributed by atoms with van der Waals surface area (Å²) in [5.41, 5.74) is 0. The van der Waals surface area contributed by atoms with Crippen LogP contribution in [0.4, 0.5) is 11.9 Å². The number of nitrogens with zero attached hydrogens (tertiary/aromatic N) is 3. The van der Waals surface area contributed by atoms with Crippen LogP contribution in [0.15, 0.2) is 0 Å². The first-order valence-electron chi connectivity index (χ1n) is 6.26. The second-order valence-electron chi connectivity index (χ2n) is 3.66. The van der Waals surface area contributed by atoms with Crippen LogP contribution in [0, 0.1) is 0 Å². The van der Waals surface area contributed by atoms with Crippen molar-refractivity contribution in [2.24, 2.45) is 0 Å². The van der Waals surface area contributed by atoms with Gasteiger partial charge in [0.25, 0.3) is 0 Å². The van der Waals surface area contributed by atoms with Gasteiger partial charge in [-0.1, -0.05) is 6.92 Å². The lowest BCUT2D eigenvalue weighted by atomic mass is 10.5. The van der Waals surface area contributed by atoms with E-state index in [1.807, 2.05) is 0 Å². The van der Waals surface area contributed by atoms with Gasteiger partial charge in [-0.2, -0.15) is 15.0 Å². The van der Waals surface area contributed by atoms with Crippen LogP contribution in [0.1, 0.15) is 13.3 Å². The minimum atomic E-state index is 0.0185. The quantitative estimate of drug-likeness (QED) is 0.516. The van der Waals surface area contributed by atoms with Crippen molar-refractivity contribution in [3.05, 3.63) is 0 Å². The highest BCUT2D eigenvalue weighted by molar-refractivity contribution is 5.35. The lowest BCUT2D eigenvalue weighted by Gasteiger charge is -2.09. The smallest absolute Gasteiger partial charge is 0.322 e. The Labute approximate surface area is 112 Å². The van der Waals surface area contributed by atoms with Crippen LogP contribution in [0.3, 0.4) is 0 Å². The Morgan fingerprint density at radius 1 is 1.05 bits per heavy atom. The number of nitrogens with one attached hydrogen (secondary N) is 2. The molecule has 0 aliphatic rings. The van der Waals surface area contributed by atoms with E-state index in [2.05, 4.69) is 32.5 Å². The number of anilines is 2. The zero-order chi connectivity index (χ0) is 13.9. The van der Waals surface area contributed by atoms with Gasteiger partial charge in [-0.25, -0.2) is 0 Å². The standard InChI is InChI=1S/C11H21N5O3/c1-3-4-12-9-14-10(16-11(15-9)18-2)13-5-7-19-8-6-17/h17H,3-8H2,1-2H3,(H2,12,13,14,15,16). The van der Waals surface area contributed by atoms with Crippen LogP contribution >= 0.6 is 0 Å². The average molecular weight is 271 g/mol. The summed E-state index contributed by atoms with van der Waals surface area (Å²) in [6.07, 6.45) is 0.978. The summed E-state index contributed by atoms with van der Waals surface area (Å²) in [4.78, 5) is 12.4. The fourth-order valence-electron chi connectivity index (χ4n) is 1.24. The van der Waals surface area contributed by atoms with Gasteiger partial charge in [0, 0.05) is 13.1 Å². The Balaban J connectivity index is 2.50. The zero-order valence-electron chi connectivity index (χ0n) is 11.3. The molecule has 0 saturated heterocycles. The summed E-state index contributed by atoms with van der Waals surface area (Å²) in [5.74, 6) is 0.908. The highest BCUT2D eigenvalue weighted by Crippen LogP contribution is 2.10. The van der Waals surface area contributed by atoms with Crippen molar-refractivity contribution >= 4 is 11.9 Å². The molecular formula is C11H21N5O3. The van der Waals surface area contributed by atoms with Crippen molar-refractivity contribution in [3.63, 3.8) is 0 Å². The van der Waals surface area contributed by atoms with Gasteiger partial charge in [-0.3, -0.25) is 0 Å². The van der Waals surface area contributed by atoms with Gasteiger partial charge >= 0.3 is 6.01 Å². The molecule has 0 bridgehead atoms. The first kappa shape index (κ1) is 15.4. The van der Waals surface area contributed by atoms with E-state index < -0.39 is 0 Å². The van der Waals surface area contributed by atoms with Crippen molar-refractivity contribution in [1.29, 1.82) is 0 Å². The molecule has 108 valence electrons. The molecule has 8 nitrogen and oxygen atoms in total. The highest BCUT2D eigenvalue weighted by Gasteiger charge is 2.05. The maximum absolute atomic E-state index is 8.57. The van der Waals surface area contributed by atoms with E-state index in [-0.39, 0.29) is 12.6 Å². The van der Waals surface area contributed by atoms with E-state index in [4.69, 9.17) is 14.6 Å². The lowest BCUT2D eigenvalue weighted by molar-refractivity contribution is 0.0991. The predicted molar refractivity (Wildman–Crippen MR) is 71.6 cm³/mol. The molecule has 0 spiro atoms. The molecule has 0 aliphatic carbocycles. The van der Waals surface area contributed by atoms with E-state index in [0.29, 0.717) is 31.7 Å². The SMILES string of the molecule is CCCNc1nc(NCCOCCO)nc(OC)n1. The average Bonchev–Trinajstić information content (AvgIpc) is 2.44. The Morgan fingerprint density at radius 2 is 1.74 bits per heavy atom. The number of aromatic nitrogens is 3. The summed E-state index contributed by atoms with van der Waals surface area (Å²) in [7, 11) is 1.51. The van der Waals surface area contributed by atoms with Gasteiger partial charge in [-0.05, 0) is 6.42 Å². The highest BCUT2D eigenvalue weighted by atomic mass is 16.5. The predicted octanol–water partition coefficient (Wildman–Crippen LogP) is 0.123. The van der Waals surface area contributed by atoms with Crippen LogP contribution in [-0.2, 0) is 4.74 Å². The minimum absolute atomic E-state index is 0.0185. The zero-order valence-corrected chi connectivity index (χ0v) is 11.3. The van der Waals surface area contributed by atoms with Gasteiger partial charge in [0.2, 0.25) is 11.9 Å². The third-order valence-electron chi connectivity index (χ3n) is 2.10. The number of hydrogen-bond donors (Lipinski definition) is 3. The Kier molecular flexibility index (Phi) is 7.52. The third-order valence-corrected chi connectivity index (χ3v) is 2.10. The number of aliphatic hydroxyl groups is 1. The lowest BCUT2D eigenvalue weighted by Crippen LogP contribution is -2.15. The molecule has 0 fully saturated rings. The van der Waals surface area contributed by atoms with Crippen molar-refractivity contribution < 1.29 is 14.6 Å². The van der Waals surface area contributed by atoms with Crippen molar-refractivity contribution in [2.75, 3.05) is 50.7 Å². The summed E-state index contributed by atoms with van der Waals surface area (Å²) < 4.78 is 10.1. The molecule has 0 radical (unpaired) electrons. The number of aliphatic hydroxyl groups excluding tert-OH is 1. The van der Waals surface area contributed by atoms with Crippen molar-refractivity contribution in [2.45, 2.75) is 13.3 Å². The first-order valence-corrected chi connectivity index (χ1v) is 6.26. The van der Waals surface area contributed by atoms with Gasteiger partial charge in [0.05, 0.1) is 26.9 Å². The number of rotatable bonds is 10. The topological polar surface area (TPSA) is 101 Å². The van der Waals surface area contributed by atoms with Gasteiger partial charge in [0.15, 0.2) is 0 Å². The van der Waals surface area contributed by atoms with E-state index in [9.17, 15) is 0 Å². The number of ether oxygens (including phenoxy) is 2. The number of hydrogen-bond acceptors (Lipinski definition) is 8. The summed E-state index contributed by atoms with van der Waals surface area (Å²) >= 11 is 0. The summed E-state index contributed by atoms with van der Waals surface area (Å²) in [5, 5.41) is 14.6. The second kappa shape index (κ2) is 9.29. The molecule has 0 amide bonds. The van der Waals surface area contributed by atoms with Crippen LogP contribution in [-0.4, -0.2) is 60.1 Å². The van der Waals surface area contributed by atoms with Gasteiger partial charge < -0.3 is 25.2 Å². The van der Waals surface area contributed by atoms with E-state index in [0.717, 1.165) is 13.0 Å². The molecule has 3 N–H and O–H groups in total. The molecule has 1 aromatic rings. The Hall–Kier alpha value is -1.67. The molecule has 1 aromatic heterocycles. The first-order chi connectivity index (χ1) is 9.30. The molecule has 0 atom stereocenters. The maximum atomic E-state index is 8.57. The molecular weight excluding hydrogens is 250 g/mol. The Morgan fingerprint density at radius 3 is 2.32 bits per heavy atom. The molecule has 0 aliphatic heterocycles. The monoisotopic (exact) mass is 271 g/mol. The Bertz CT molecular complexity index is 364. The minimum Gasteiger partial charge on any atom is -0.467 e. The maximum Gasteiger partial charge on any atom is 0.322 e. The van der Waals surface area contributed by atoms with Crippen LogP contribution in [0.5, 0.6) is 6.01 Å². The van der Waals surface area contributed by atoms with Crippen LogP contribution < -0.4 is 15.4 Å².